The number of unbranched alkanes of at least 4 members (excludes halogenated alkanes) is 3. The molecule has 0 rings (SSSR count). The van der Waals surface area contributed by atoms with Crippen molar-refractivity contribution in [2.24, 2.45) is 0 Å². The molecule has 0 heterocycles. The molecule has 0 radical (unpaired) electrons. The van der Waals surface area contributed by atoms with E-state index in [1.165, 1.54) is 51.7 Å². The van der Waals surface area contributed by atoms with Crippen LogP contribution < -0.4 is 5.32 Å². The summed E-state index contributed by atoms with van der Waals surface area (Å²) in [5.74, 6) is 0. The third kappa shape index (κ3) is 8.12. The molecular formula is C14H32N2. The second kappa shape index (κ2) is 11.4. The van der Waals surface area contributed by atoms with Crippen LogP contribution in [-0.2, 0) is 0 Å². The second-order valence-corrected chi connectivity index (χ2v) is 4.70. The molecule has 0 aliphatic carbocycles. The van der Waals surface area contributed by atoms with E-state index in [1.807, 2.05) is 0 Å². The molecular weight excluding hydrogens is 196 g/mol. The smallest absolute Gasteiger partial charge is 0.0110 e. The third-order valence-corrected chi connectivity index (χ3v) is 3.40. The lowest BCUT2D eigenvalue weighted by Crippen LogP contribution is -2.38. The Hall–Kier alpha value is -0.0800. The van der Waals surface area contributed by atoms with Crippen LogP contribution in [0.15, 0.2) is 0 Å². The van der Waals surface area contributed by atoms with Gasteiger partial charge in [0.25, 0.3) is 0 Å². The molecule has 98 valence electrons. The number of hydrogen-bond donors (Lipinski definition) is 1. The number of hydrogen-bond acceptors (Lipinski definition) is 2. The van der Waals surface area contributed by atoms with Crippen LogP contribution in [0, 0.1) is 0 Å². The van der Waals surface area contributed by atoms with Gasteiger partial charge in [-0.05, 0) is 32.9 Å². The highest BCUT2D eigenvalue weighted by molar-refractivity contribution is 4.65. The highest BCUT2D eigenvalue weighted by Crippen LogP contribution is 2.01. The van der Waals surface area contributed by atoms with Gasteiger partial charge in [-0.15, -0.1) is 0 Å². The molecule has 16 heavy (non-hydrogen) atoms. The summed E-state index contributed by atoms with van der Waals surface area (Å²) in [4.78, 5) is 2.55. The number of nitrogens with one attached hydrogen (secondary N) is 1. The summed E-state index contributed by atoms with van der Waals surface area (Å²) >= 11 is 0. The Balaban J connectivity index is 3.34. The van der Waals surface area contributed by atoms with Gasteiger partial charge in [0.15, 0.2) is 0 Å². The quantitative estimate of drug-likeness (QED) is 0.546. The van der Waals surface area contributed by atoms with Crippen LogP contribution in [0.5, 0.6) is 0 Å². The maximum Gasteiger partial charge on any atom is 0.0110 e. The van der Waals surface area contributed by atoms with E-state index in [9.17, 15) is 0 Å². The molecule has 1 N–H and O–H groups in total. The Labute approximate surface area is 103 Å². The predicted molar refractivity (Wildman–Crippen MR) is 74.0 cm³/mol. The zero-order chi connectivity index (χ0) is 12.2. The minimum Gasteiger partial charge on any atom is -0.315 e. The maximum atomic E-state index is 3.55. The van der Waals surface area contributed by atoms with Gasteiger partial charge in [0.1, 0.15) is 0 Å². The fourth-order valence-corrected chi connectivity index (χ4v) is 1.97. The molecule has 2 heteroatoms. The first-order valence-electron chi connectivity index (χ1n) is 7.20. The zero-order valence-electron chi connectivity index (χ0n) is 11.9. The highest BCUT2D eigenvalue weighted by Gasteiger charge is 2.08. The molecule has 0 fully saturated rings. The molecule has 2 nitrogen and oxygen atoms in total. The molecule has 0 aromatic rings. The van der Waals surface area contributed by atoms with E-state index in [0.717, 1.165) is 12.6 Å². The van der Waals surface area contributed by atoms with Gasteiger partial charge in [0, 0.05) is 19.1 Å². The Kier molecular flexibility index (Phi) is 11.3. The summed E-state index contributed by atoms with van der Waals surface area (Å²) in [6, 6.07) is 0.729. The third-order valence-electron chi connectivity index (χ3n) is 3.40. The lowest BCUT2D eigenvalue weighted by atomic mass is 10.2. The van der Waals surface area contributed by atoms with E-state index in [0.29, 0.717) is 0 Å². The first-order valence-corrected chi connectivity index (χ1v) is 7.20. The van der Waals surface area contributed by atoms with Crippen molar-refractivity contribution in [3.63, 3.8) is 0 Å². The van der Waals surface area contributed by atoms with E-state index in [-0.39, 0.29) is 0 Å². The van der Waals surface area contributed by atoms with Crippen molar-refractivity contribution in [3.05, 3.63) is 0 Å². The second-order valence-electron chi connectivity index (χ2n) is 4.70. The predicted octanol–water partition coefficient (Wildman–Crippen LogP) is 3.28. The van der Waals surface area contributed by atoms with Crippen molar-refractivity contribution in [1.29, 1.82) is 0 Å². The first-order chi connectivity index (χ1) is 7.76. The minimum absolute atomic E-state index is 0.729. The van der Waals surface area contributed by atoms with Crippen molar-refractivity contribution in [2.75, 3.05) is 26.2 Å². The molecule has 0 aliphatic heterocycles. The zero-order valence-corrected chi connectivity index (χ0v) is 11.9. The molecule has 1 unspecified atom stereocenters. The Morgan fingerprint density at radius 3 is 2.31 bits per heavy atom. The summed E-state index contributed by atoms with van der Waals surface area (Å²) in [7, 11) is 0. The summed E-state index contributed by atoms with van der Waals surface area (Å²) in [6.07, 6.45) is 6.69. The molecule has 0 bridgehead atoms. The van der Waals surface area contributed by atoms with Gasteiger partial charge < -0.3 is 5.32 Å². The number of rotatable bonds is 11. The van der Waals surface area contributed by atoms with E-state index < -0.39 is 0 Å². The van der Waals surface area contributed by atoms with E-state index in [2.05, 4.69) is 37.9 Å². The summed E-state index contributed by atoms with van der Waals surface area (Å²) < 4.78 is 0. The largest absolute Gasteiger partial charge is 0.315 e. The van der Waals surface area contributed by atoms with Crippen LogP contribution in [-0.4, -0.2) is 37.1 Å². The molecule has 0 spiro atoms. The van der Waals surface area contributed by atoms with E-state index >= 15 is 0 Å². The van der Waals surface area contributed by atoms with Crippen LogP contribution in [0.25, 0.3) is 0 Å². The molecule has 1 atom stereocenters. The van der Waals surface area contributed by atoms with E-state index in [4.69, 9.17) is 0 Å². The van der Waals surface area contributed by atoms with E-state index in [1.54, 1.807) is 0 Å². The molecule has 0 amide bonds. The van der Waals surface area contributed by atoms with Gasteiger partial charge in [-0.1, -0.05) is 40.0 Å². The van der Waals surface area contributed by atoms with Gasteiger partial charge in [-0.25, -0.2) is 0 Å². The minimum atomic E-state index is 0.729. The summed E-state index contributed by atoms with van der Waals surface area (Å²) in [6.45, 7) is 13.8. The normalized spacial score (nSPS) is 13.3. The highest BCUT2D eigenvalue weighted by atomic mass is 15.2. The number of likely N-dealkylation sites (N-methyl/N-ethyl adjacent to an activating group) is 1. The van der Waals surface area contributed by atoms with Crippen molar-refractivity contribution >= 4 is 0 Å². The lowest BCUT2D eigenvalue weighted by molar-refractivity contribution is 0.215. The number of nitrogens with zero attached hydrogens (tertiary/aromatic N) is 1. The topological polar surface area (TPSA) is 15.3 Å². The van der Waals surface area contributed by atoms with Crippen molar-refractivity contribution in [1.82, 2.24) is 10.2 Å². The van der Waals surface area contributed by atoms with Gasteiger partial charge in [0.2, 0.25) is 0 Å². The van der Waals surface area contributed by atoms with Crippen LogP contribution in [0.1, 0.15) is 59.8 Å². The fourth-order valence-electron chi connectivity index (χ4n) is 1.97. The average molecular weight is 228 g/mol. The van der Waals surface area contributed by atoms with Crippen molar-refractivity contribution in [3.8, 4) is 0 Å². The Morgan fingerprint density at radius 1 is 1.00 bits per heavy atom. The van der Waals surface area contributed by atoms with Crippen LogP contribution >= 0.6 is 0 Å². The van der Waals surface area contributed by atoms with Gasteiger partial charge >= 0.3 is 0 Å². The van der Waals surface area contributed by atoms with Crippen molar-refractivity contribution in [2.45, 2.75) is 65.8 Å². The van der Waals surface area contributed by atoms with Gasteiger partial charge in [-0.2, -0.15) is 0 Å². The summed E-state index contributed by atoms with van der Waals surface area (Å²) in [5, 5.41) is 3.55. The Morgan fingerprint density at radius 2 is 1.75 bits per heavy atom. The average Bonchev–Trinajstić information content (AvgIpc) is 2.32. The summed E-state index contributed by atoms with van der Waals surface area (Å²) in [5.41, 5.74) is 0. The maximum absolute atomic E-state index is 3.55. The van der Waals surface area contributed by atoms with Crippen LogP contribution in [0.2, 0.25) is 0 Å². The van der Waals surface area contributed by atoms with Gasteiger partial charge in [0.05, 0.1) is 0 Å². The standard InChI is InChI=1S/C14H32N2/c1-5-8-9-10-11-15-12-13-16(7-3)14(4)6-2/h14-15H,5-13H2,1-4H3. The molecule has 0 saturated heterocycles. The van der Waals surface area contributed by atoms with Gasteiger partial charge in [-0.3, -0.25) is 4.90 Å². The molecule has 0 saturated carbocycles. The molecule has 0 aromatic heterocycles. The lowest BCUT2D eigenvalue weighted by Gasteiger charge is -2.26. The SMILES string of the molecule is CCCCCCNCCN(CC)C(C)CC. The van der Waals surface area contributed by atoms with Crippen molar-refractivity contribution < 1.29 is 0 Å². The van der Waals surface area contributed by atoms with Crippen LogP contribution in [0.4, 0.5) is 0 Å². The Bertz CT molecular complexity index is 137. The fraction of sp³-hybridized carbons (Fsp3) is 1.00. The molecule has 0 aliphatic rings. The van der Waals surface area contributed by atoms with Crippen LogP contribution in [0.3, 0.4) is 0 Å². The monoisotopic (exact) mass is 228 g/mol. The molecule has 0 aromatic carbocycles. The first kappa shape index (κ1) is 15.9.